The Morgan fingerprint density at radius 1 is 1.15 bits per heavy atom. The van der Waals surface area contributed by atoms with Crippen molar-refractivity contribution in [1.29, 1.82) is 0 Å². The van der Waals surface area contributed by atoms with Crippen LogP contribution in [-0.2, 0) is 0 Å². The van der Waals surface area contributed by atoms with Gasteiger partial charge < -0.3 is 14.8 Å². The highest BCUT2D eigenvalue weighted by atomic mass is 35.5. The molecule has 0 bridgehead atoms. The summed E-state index contributed by atoms with van der Waals surface area (Å²) >= 11 is 12.0. The van der Waals surface area contributed by atoms with Crippen LogP contribution in [0.2, 0.25) is 10.4 Å². The molecule has 9 heteroatoms. The molecule has 1 unspecified atom stereocenters. The molecule has 1 saturated carbocycles. The highest BCUT2D eigenvalue weighted by Crippen LogP contribution is 2.42. The molecule has 4 heterocycles. The van der Waals surface area contributed by atoms with Crippen molar-refractivity contribution in [2.24, 2.45) is 11.8 Å². The number of anilines is 2. The summed E-state index contributed by atoms with van der Waals surface area (Å²) in [7, 11) is 2.14. The number of aromatic nitrogens is 5. The van der Waals surface area contributed by atoms with Gasteiger partial charge in [-0.05, 0) is 42.3 Å². The summed E-state index contributed by atoms with van der Waals surface area (Å²) in [5.74, 6) is 3.09. The Balaban J connectivity index is 1.31. The SMILES string of the molecule is CN(c1ncnc2[nH]ccc12)[C@H]1CC2CN(c3cc(Cl)nc(Cl)n3)C[C@H]2C1. The molecule has 1 aliphatic heterocycles. The minimum Gasteiger partial charge on any atom is -0.356 e. The first-order valence-electron chi connectivity index (χ1n) is 9.04. The van der Waals surface area contributed by atoms with Crippen LogP contribution < -0.4 is 9.80 Å². The van der Waals surface area contributed by atoms with Gasteiger partial charge in [0, 0.05) is 38.4 Å². The number of hydrogen-bond acceptors (Lipinski definition) is 6. The van der Waals surface area contributed by atoms with Crippen LogP contribution in [0.25, 0.3) is 11.0 Å². The largest absolute Gasteiger partial charge is 0.356 e. The Bertz CT molecular complexity index is 957. The lowest BCUT2D eigenvalue weighted by Crippen LogP contribution is -2.33. The van der Waals surface area contributed by atoms with Crippen molar-refractivity contribution >= 4 is 45.9 Å². The maximum Gasteiger partial charge on any atom is 0.225 e. The van der Waals surface area contributed by atoms with Crippen molar-refractivity contribution in [3.8, 4) is 0 Å². The summed E-state index contributed by atoms with van der Waals surface area (Å²) in [5.41, 5.74) is 0.883. The highest BCUT2D eigenvalue weighted by molar-refractivity contribution is 6.32. The second-order valence-electron chi connectivity index (χ2n) is 7.42. The fraction of sp³-hybridized carbons (Fsp3) is 0.444. The number of rotatable bonds is 3. The van der Waals surface area contributed by atoms with Crippen molar-refractivity contribution in [2.75, 3.05) is 29.9 Å². The third-order valence-electron chi connectivity index (χ3n) is 5.92. The molecule has 2 aliphatic rings. The van der Waals surface area contributed by atoms with Gasteiger partial charge in [-0.3, -0.25) is 0 Å². The second-order valence-corrected chi connectivity index (χ2v) is 8.14. The Morgan fingerprint density at radius 3 is 2.67 bits per heavy atom. The summed E-state index contributed by atoms with van der Waals surface area (Å²) in [5, 5.41) is 1.66. The Morgan fingerprint density at radius 2 is 1.93 bits per heavy atom. The molecule has 0 aromatic carbocycles. The fourth-order valence-electron chi connectivity index (χ4n) is 4.62. The maximum atomic E-state index is 6.04. The van der Waals surface area contributed by atoms with Gasteiger partial charge in [0.1, 0.15) is 28.8 Å². The monoisotopic (exact) mass is 403 g/mol. The number of halogens is 2. The van der Waals surface area contributed by atoms with E-state index in [1.54, 1.807) is 12.4 Å². The quantitative estimate of drug-likeness (QED) is 0.533. The minimum atomic E-state index is 0.200. The average molecular weight is 404 g/mol. The van der Waals surface area contributed by atoms with Crippen LogP contribution in [0.1, 0.15) is 12.8 Å². The van der Waals surface area contributed by atoms with Crippen LogP contribution >= 0.6 is 23.2 Å². The van der Waals surface area contributed by atoms with Crippen LogP contribution in [0.5, 0.6) is 0 Å². The van der Waals surface area contributed by atoms with Crippen molar-refractivity contribution < 1.29 is 0 Å². The lowest BCUT2D eigenvalue weighted by atomic mass is 10.0. The van der Waals surface area contributed by atoms with E-state index in [2.05, 4.69) is 41.8 Å². The molecule has 3 aromatic rings. The predicted molar refractivity (Wildman–Crippen MR) is 107 cm³/mol. The lowest BCUT2D eigenvalue weighted by Gasteiger charge is -2.28. The molecule has 0 spiro atoms. The van der Waals surface area contributed by atoms with Gasteiger partial charge in [0.15, 0.2) is 0 Å². The molecular formula is C18H19Cl2N7. The van der Waals surface area contributed by atoms with Gasteiger partial charge in [-0.25, -0.2) is 19.9 Å². The van der Waals surface area contributed by atoms with Gasteiger partial charge in [-0.2, -0.15) is 0 Å². The van der Waals surface area contributed by atoms with Crippen molar-refractivity contribution in [3.63, 3.8) is 0 Å². The predicted octanol–water partition coefficient (Wildman–Crippen LogP) is 3.41. The summed E-state index contributed by atoms with van der Waals surface area (Å²) in [4.78, 5) is 24.9. The smallest absolute Gasteiger partial charge is 0.225 e. The van der Waals surface area contributed by atoms with E-state index in [-0.39, 0.29) is 5.28 Å². The standard InChI is InChI=1S/C18H19Cl2N7/c1-26(17-13-2-3-21-16(13)22-9-23-17)12-4-10-7-27(8-11(10)5-12)15-6-14(19)24-18(20)25-15/h2-3,6,9-12H,4-5,7-8H2,1H3,(H,21,22,23)/t10-,11?,12-/m1/s1. The third kappa shape index (κ3) is 2.99. The van der Waals surface area contributed by atoms with Crippen LogP contribution in [0.15, 0.2) is 24.7 Å². The van der Waals surface area contributed by atoms with E-state index in [0.717, 1.165) is 48.6 Å². The molecule has 1 N–H and O–H groups in total. The summed E-state index contributed by atoms with van der Waals surface area (Å²) in [6.07, 6.45) is 5.82. The van der Waals surface area contributed by atoms with E-state index in [0.29, 0.717) is 23.0 Å². The van der Waals surface area contributed by atoms with Gasteiger partial charge >= 0.3 is 0 Å². The highest BCUT2D eigenvalue weighted by Gasteiger charge is 2.43. The Kier molecular flexibility index (Phi) is 4.09. The zero-order valence-electron chi connectivity index (χ0n) is 14.8. The van der Waals surface area contributed by atoms with E-state index in [9.17, 15) is 0 Å². The van der Waals surface area contributed by atoms with Crippen LogP contribution in [0.4, 0.5) is 11.6 Å². The zero-order chi connectivity index (χ0) is 18.5. The normalized spacial score (nSPS) is 24.6. The van der Waals surface area contributed by atoms with Gasteiger partial charge in [-0.15, -0.1) is 0 Å². The summed E-state index contributed by atoms with van der Waals surface area (Å²) in [6, 6.07) is 4.32. The van der Waals surface area contributed by atoms with E-state index >= 15 is 0 Å². The average Bonchev–Trinajstić information content (AvgIpc) is 3.33. The van der Waals surface area contributed by atoms with E-state index in [1.165, 1.54) is 0 Å². The van der Waals surface area contributed by atoms with Crippen LogP contribution in [0, 0.1) is 11.8 Å². The minimum absolute atomic E-state index is 0.200. The first-order chi connectivity index (χ1) is 13.1. The number of aromatic amines is 1. The lowest BCUT2D eigenvalue weighted by molar-refractivity contribution is 0.494. The van der Waals surface area contributed by atoms with Crippen molar-refractivity contribution in [2.45, 2.75) is 18.9 Å². The topological polar surface area (TPSA) is 73.8 Å². The second kappa shape index (κ2) is 6.49. The molecule has 0 amide bonds. The molecule has 27 heavy (non-hydrogen) atoms. The van der Waals surface area contributed by atoms with Crippen molar-refractivity contribution in [3.05, 3.63) is 35.1 Å². The molecule has 1 aliphatic carbocycles. The molecule has 3 aromatic heterocycles. The molecule has 140 valence electrons. The van der Waals surface area contributed by atoms with Gasteiger partial charge in [-0.1, -0.05) is 11.6 Å². The first kappa shape index (κ1) is 17.0. The van der Waals surface area contributed by atoms with Gasteiger partial charge in [0.25, 0.3) is 0 Å². The summed E-state index contributed by atoms with van der Waals surface area (Å²) < 4.78 is 0. The Labute approximate surface area is 166 Å². The van der Waals surface area contributed by atoms with E-state index in [4.69, 9.17) is 23.2 Å². The van der Waals surface area contributed by atoms with E-state index in [1.807, 2.05) is 12.3 Å². The number of nitrogens with one attached hydrogen (secondary N) is 1. The fourth-order valence-corrected chi connectivity index (χ4v) is 5.02. The van der Waals surface area contributed by atoms with Crippen molar-refractivity contribution in [1.82, 2.24) is 24.9 Å². The molecule has 1 saturated heterocycles. The number of hydrogen-bond donors (Lipinski definition) is 1. The van der Waals surface area contributed by atoms with E-state index < -0.39 is 0 Å². The zero-order valence-corrected chi connectivity index (χ0v) is 16.3. The van der Waals surface area contributed by atoms with Gasteiger partial charge in [0.05, 0.1) is 5.39 Å². The van der Waals surface area contributed by atoms with Crippen LogP contribution in [-0.4, -0.2) is 51.1 Å². The Hall–Kier alpha value is -2.12. The molecule has 3 atom stereocenters. The molecule has 2 fully saturated rings. The molecule has 5 rings (SSSR count). The molecular weight excluding hydrogens is 385 g/mol. The van der Waals surface area contributed by atoms with Gasteiger partial charge in [0.2, 0.25) is 5.28 Å². The third-order valence-corrected chi connectivity index (χ3v) is 6.28. The molecule has 0 radical (unpaired) electrons. The van der Waals surface area contributed by atoms with Crippen LogP contribution in [0.3, 0.4) is 0 Å². The first-order valence-corrected chi connectivity index (χ1v) is 9.80. The number of H-pyrrole nitrogens is 1. The maximum absolute atomic E-state index is 6.04. The number of fused-ring (bicyclic) bond motifs is 2. The molecule has 7 nitrogen and oxygen atoms in total. The summed E-state index contributed by atoms with van der Waals surface area (Å²) in [6.45, 7) is 1.95. The number of nitrogens with zero attached hydrogens (tertiary/aromatic N) is 6.